The van der Waals surface area contributed by atoms with Crippen molar-refractivity contribution >= 4 is 28.9 Å². The van der Waals surface area contributed by atoms with Gasteiger partial charge in [0.2, 0.25) is 5.91 Å². The molecule has 0 aliphatic rings. The smallest absolute Gasteiger partial charge is 0.226 e. The highest BCUT2D eigenvalue weighted by molar-refractivity contribution is 6.32. The first-order valence-electron chi connectivity index (χ1n) is 7.52. The van der Waals surface area contributed by atoms with Crippen molar-refractivity contribution in [3.63, 3.8) is 0 Å². The van der Waals surface area contributed by atoms with Crippen molar-refractivity contribution in [2.45, 2.75) is 6.42 Å². The number of hydrogen-bond donors (Lipinski definition) is 2. The van der Waals surface area contributed by atoms with Gasteiger partial charge in [0.1, 0.15) is 11.5 Å². The highest BCUT2D eigenvalue weighted by atomic mass is 35.5. The molecule has 0 fully saturated rings. The third-order valence-electron chi connectivity index (χ3n) is 3.42. The van der Waals surface area contributed by atoms with Gasteiger partial charge in [-0.2, -0.15) is 5.26 Å². The lowest BCUT2D eigenvalue weighted by atomic mass is 10.2. The maximum atomic E-state index is 12.0. The Kier molecular flexibility index (Phi) is 6.49. The van der Waals surface area contributed by atoms with Gasteiger partial charge in [-0.15, -0.1) is 0 Å². The summed E-state index contributed by atoms with van der Waals surface area (Å²) < 4.78 is 10.5. The average molecular weight is 360 g/mol. The zero-order valence-electron chi connectivity index (χ0n) is 13.9. The number of hydrogen-bond acceptors (Lipinski definition) is 5. The molecule has 0 radical (unpaired) electrons. The number of ether oxygens (including phenoxy) is 2. The summed E-state index contributed by atoms with van der Waals surface area (Å²) in [6, 6.07) is 12.2. The number of amides is 1. The van der Waals surface area contributed by atoms with Crippen molar-refractivity contribution < 1.29 is 14.3 Å². The summed E-state index contributed by atoms with van der Waals surface area (Å²) >= 11 is 6.06. The van der Waals surface area contributed by atoms with Crippen molar-refractivity contribution in [3.8, 4) is 17.6 Å². The summed E-state index contributed by atoms with van der Waals surface area (Å²) in [4.78, 5) is 12.0. The maximum absolute atomic E-state index is 12.0. The molecule has 6 nitrogen and oxygen atoms in total. The van der Waals surface area contributed by atoms with Crippen molar-refractivity contribution in [1.29, 1.82) is 5.26 Å². The normalized spacial score (nSPS) is 9.84. The molecule has 0 aromatic heterocycles. The minimum absolute atomic E-state index is 0.164. The van der Waals surface area contributed by atoms with Crippen LogP contribution in [0.5, 0.6) is 11.5 Å². The van der Waals surface area contributed by atoms with Crippen molar-refractivity contribution in [1.82, 2.24) is 0 Å². The summed E-state index contributed by atoms with van der Waals surface area (Å²) in [5, 5.41) is 15.2. The van der Waals surface area contributed by atoms with E-state index in [1.807, 2.05) is 6.07 Å². The fraction of sp³-hybridized carbons (Fsp3) is 0.222. The Labute approximate surface area is 151 Å². The van der Waals surface area contributed by atoms with E-state index >= 15 is 0 Å². The van der Waals surface area contributed by atoms with Crippen LogP contribution in [0.15, 0.2) is 36.4 Å². The zero-order valence-corrected chi connectivity index (χ0v) is 14.7. The molecule has 25 heavy (non-hydrogen) atoms. The molecule has 0 aliphatic carbocycles. The van der Waals surface area contributed by atoms with E-state index in [0.717, 1.165) is 0 Å². The fourth-order valence-corrected chi connectivity index (χ4v) is 2.43. The first-order valence-corrected chi connectivity index (χ1v) is 7.90. The van der Waals surface area contributed by atoms with Crippen LogP contribution in [0, 0.1) is 11.3 Å². The standard InChI is InChI=1S/C18H18ClN3O3/c1-24-16-10-15(17(25-2)9-14(16)19)21-7-6-18(23)22-13-5-3-4-12(8-13)11-20/h3-5,8-10,21H,6-7H2,1-2H3,(H,22,23). The number of halogens is 1. The highest BCUT2D eigenvalue weighted by Crippen LogP contribution is 2.35. The van der Waals surface area contributed by atoms with Crippen LogP contribution in [0.4, 0.5) is 11.4 Å². The Balaban J connectivity index is 1.94. The van der Waals surface area contributed by atoms with E-state index in [1.165, 1.54) is 14.2 Å². The highest BCUT2D eigenvalue weighted by Gasteiger charge is 2.10. The van der Waals surface area contributed by atoms with Crippen LogP contribution in [0.2, 0.25) is 5.02 Å². The van der Waals surface area contributed by atoms with Crippen molar-refractivity contribution in [3.05, 3.63) is 47.0 Å². The second-order valence-corrected chi connectivity index (χ2v) is 5.51. The molecule has 7 heteroatoms. The van der Waals surface area contributed by atoms with Crippen LogP contribution < -0.4 is 20.1 Å². The maximum Gasteiger partial charge on any atom is 0.226 e. The number of nitriles is 1. The van der Waals surface area contributed by atoms with Gasteiger partial charge in [-0.1, -0.05) is 17.7 Å². The Morgan fingerprint density at radius 2 is 1.96 bits per heavy atom. The van der Waals surface area contributed by atoms with E-state index < -0.39 is 0 Å². The predicted molar refractivity (Wildman–Crippen MR) is 97.4 cm³/mol. The second-order valence-electron chi connectivity index (χ2n) is 5.10. The van der Waals surface area contributed by atoms with Gasteiger partial charge in [-0.3, -0.25) is 4.79 Å². The summed E-state index contributed by atoms with van der Waals surface area (Å²) in [6.45, 7) is 0.394. The molecule has 2 rings (SSSR count). The SMILES string of the molecule is COc1cc(NCCC(=O)Nc2cccc(C#N)c2)c(OC)cc1Cl. The molecule has 0 atom stereocenters. The molecule has 0 heterocycles. The van der Waals surface area contributed by atoms with Crippen LogP contribution in [0.25, 0.3) is 0 Å². The molecule has 0 aliphatic heterocycles. The minimum atomic E-state index is -0.164. The lowest BCUT2D eigenvalue weighted by Crippen LogP contribution is -2.16. The van der Waals surface area contributed by atoms with Crippen LogP contribution in [0.3, 0.4) is 0 Å². The molecule has 2 aromatic rings. The van der Waals surface area contributed by atoms with Crippen LogP contribution in [-0.4, -0.2) is 26.7 Å². The number of carbonyl (C=O) groups is 1. The van der Waals surface area contributed by atoms with E-state index in [4.69, 9.17) is 26.3 Å². The lowest BCUT2D eigenvalue weighted by molar-refractivity contribution is -0.115. The van der Waals surface area contributed by atoms with E-state index in [1.54, 1.807) is 36.4 Å². The number of nitrogens with one attached hydrogen (secondary N) is 2. The zero-order chi connectivity index (χ0) is 18.2. The van der Waals surface area contributed by atoms with Crippen LogP contribution in [0.1, 0.15) is 12.0 Å². The molecule has 0 unspecified atom stereocenters. The number of carbonyl (C=O) groups excluding carboxylic acids is 1. The lowest BCUT2D eigenvalue weighted by Gasteiger charge is -2.14. The molecule has 0 saturated carbocycles. The molecule has 130 valence electrons. The average Bonchev–Trinajstić information content (AvgIpc) is 2.62. The van der Waals surface area contributed by atoms with E-state index in [-0.39, 0.29) is 12.3 Å². The number of methoxy groups -OCH3 is 2. The van der Waals surface area contributed by atoms with Gasteiger partial charge in [0.25, 0.3) is 0 Å². The fourth-order valence-electron chi connectivity index (χ4n) is 2.20. The monoisotopic (exact) mass is 359 g/mol. The van der Waals surface area contributed by atoms with Gasteiger partial charge in [0.05, 0.1) is 36.6 Å². The van der Waals surface area contributed by atoms with Crippen LogP contribution >= 0.6 is 11.6 Å². The number of rotatable bonds is 7. The van der Waals surface area contributed by atoms with Gasteiger partial charge < -0.3 is 20.1 Å². The van der Waals surface area contributed by atoms with E-state index in [2.05, 4.69) is 10.6 Å². The van der Waals surface area contributed by atoms with Gasteiger partial charge >= 0.3 is 0 Å². The molecule has 0 bridgehead atoms. The van der Waals surface area contributed by atoms with Gasteiger partial charge in [-0.25, -0.2) is 0 Å². The molecule has 1 amide bonds. The Bertz CT molecular complexity index is 803. The Morgan fingerprint density at radius 1 is 1.20 bits per heavy atom. The predicted octanol–water partition coefficient (Wildman–Crippen LogP) is 3.67. The van der Waals surface area contributed by atoms with Gasteiger partial charge in [0.15, 0.2) is 0 Å². The van der Waals surface area contributed by atoms with Crippen molar-refractivity contribution in [2.75, 3.05) is 31.4 Å². The molecular weight excluding hydrogens is 342 g/mol. The number of anilines is 2. The molecular formula is C18H18ClN3O3. The second kappa shape index (κ2) is 8.81. The molecule has 2 aromatic carbocycles. The summed E-state index contributed by atoms with van der Waals surface area (Å²) in [7, 11) is 3.07. The minimum Gasteiger partial charge on any atom is -0.495 e. The molecule has 2 N–H and O–H groups in total. The quantitative estimate of drug-likeness (QED) is 0.788. The van der Waals surface area contributed by atoms with Crippen LogP contribution in [-0.2, 0) is 4.79 Å². The molecule has 0 spiro atoms. The van der Waals surface area contributed by atoms with E-state index in [0.29, 0.717) is 40.0 Å². The van der Waals surface area contributed by atoms with Crippen molar-refractivity contribution in [2.24, 2.45) is 0 Å². The molecule has 0 saturated heterocycles. The first kappa shape index (κ1) is 18.4. The van der Waals surface area contributed by atoms with Gasteiger partial charge in [-0.05, 0) is 18.2 Å². The topological polar surface area (TPSA) is 83.4 Å². The summed E-state index contributed by atoms with van der Waals surface area (Å²) in [5.41, 5.74) is 1.77. The first-order chi connectivity index (χ1) is 12.1. The largest absolute Gasteiger partial charge is 0.495 e. The summed E-state index contributed by atoms with van der Waals surface area (Å²) in [5.74, 6) is 0.915. The Morgan fingerprint density at radius 3 is 2.64 bits per heavy atom. The third-order valence-corrected chi connectivity index (χ3v) is 3.71. The summed E-state index contributed by atoms with van der Waals surface area (Å²) in [6.07, 6.45) is 0.241. The number of benzene rings is 2. The van der Waals surface area contributed by atoms with E-state index in [9.17, 15) is 4.79 Å². The Hall–Kier alpha value is -2.91. The third kappa shape index (κ3) is 5.03. The number of nitrogens with zero attached hydrogens (tertiary/aromatic N) is 1. The van der Waals surface area contributed by atoms with Gasteiger partial charge in [0, 0.05) is 30.8 Å².